The third-order valence-corrected chi connectivity index (χ3v) is 17.7. The highest BCUT2D eigenvalue weighted by atomic mass is 19.1. The smallest absolute Gasteiger partial charge is 0.140 e. The van der Waals surface area contributed by atoms with Gasteiger partial charge in [0.05, 0.1) is 16.8 Å². The molecule has 0 amide bonds. The predicted molar refractivity (Wildman–Crippen MR) is 515 cm³/mol. The fourth-order valence-electron chi connectivity index (χ4n) is 12.8. The maximum Gasteiger partial charge on any atom is 0.140 e. The normalized spacial score (nSPS) is 11.5. The van der Waals surface area contributed by atoms with Gasteiger partial charge in [0.25, 0.3) is 0 Å². The largest absolute Gasteiger partial charge is 0.400 e. The van der Waals surface area contributed by atoms with Crippen LogP contribution in [0.1, 0.15) is 55.2 Å². The van der Waals surface area contributed by atoms with Gasteiger partial charge in [-0.2, -0.15) is 10.5 Å². The van der Waals surface area contributed by atoms with Crippen molar-refractivity contribution in [3.8, 4) is 12.1 Å². The molecule has 0 bridgehead atoms. The molecule has 0 unspecified atom stereocenters. The van der Waals surface area contributed by atoms with Gasteiger partial charge >= 0.3 is 0 Å². The van der Waals surface area contributed by atoms with Crippen molar-refractivity contribution in [3.63, 3.8) is 0 Å². The molecule has 0 aromatic heterocycles. The van der Waals surface area contributed by atoms with Crippen molar-refractivity contribution >= 4 is 439 Å². The van der Waals surface area contributed by atoms with Crippen molar-refractivity contribution in [2.45, 2.75) is 45.1 Å². The Labute approximate surface area is 673 Å². The van der Waals surface area contributed by atoms with E-state index in [-0.39, 0.29) is 5.56 Å². The van der Waals surface area contributed by atoms with E-state index in [2.05, 4.69) is 45.5 Å². The van der Waals surface area contributed by atoms with E-state index in [0.29, 0.717) is 6.54 Å². The van der Waals surface area contributed by atoms with Gasteiger partial charge in [-0.25, -0.2) is 4.39 Å². The Hall–Kier alpha value is -0.0539. The van der Waals surface area contributed by atoms with E-state index >= 15 is 0 Å². The number of aliphatic hydroxyl groups is 1. The molecule has 7 nitrogen and oxygen atoms in total. The summed E-state index contributed by atoms with van der Waals surface area (Å²) < 4.78 is 12.4. The fraction of sp³-hybridized carbons (Fsp3) is 0.412. The van der Waals surface area contributed by atoms with Gasteiger partial charge in [0.1, 0.15) is 18.0 Å². The number of nitrogens with two attached hydrogens (primary N) is 1. The van der Waals surface area contributed by atoms with Crippen LogP contribution in [0.3, 0.4) is 0 Å². The van der Waals surface area contributed by atoms with E-state index in [4.69, 9.17) is 269 Å². The van der Waals surface area contributed by atoms with Crippen LogP contribution in [0.25, 0.3) is 0 Å². The minimum absolute atomic E-state index is 0.0949. The van der Waals surface area contributed by atoms with Gasteiger partial charge in [-0.1, -0.05) is 42.5 Å². The maximum atomic E-state index is 12.4. The average Bonchev–Trinajstić information content (AvgIpc) is 1.08. The highest BCUT2D eigenvalue weighted by molar-refractivity contribution is 8.22. The van der Waals surface area contributed by atoms with Gasteiger partial charge in [-0.3, -0.25) is 0 Å². The van der Waals surface area contributed by atoms with Crippen molar-refractivity contribution in [3.05, 3.63) is 95.3 Å². The van der Waals surface area contributed by atoms with Crippen LogP contribution in [-0.2, 0) is 6.54 Å². The molecule has 66 radical (unpaired) electrons. The van der Waals surface area contributed by atoms with Gasteiger partial charge in [0.2, 0.25) is 0 Å². The first kappa shape index (κ1) is 104. The highest BCUT2D eigenvalue weighted by Crippen LogP contribution is 2.25. The third kappa shape index (κ3) is 37.3. The van der Waals surface area contributed by atoms with Gasteiger partial charge in [-0.05, 0) is 87.5 Å². The molecule has 0 spiro atoms. The number of nitrogens with one attached hydrogen (secondary N) is 1. The van der Waals surface area contributed by atoms with Crippen LogP contribution in [0.2, 0.25) is 0 Å². The van der Waals surface area contributed by atoms with Crippen LogP contribution in [0.4, 0.5) is 15.8 Å². The number of benzene rings is 3. The monoisotopic (exact) mass is 1230 g/mol. The molecule has 68 heteroatoms. The number of nitriles is 2. The predicted octanol–water partition coefficient (Wildman–Crippen LogP) is -17.3. The number of hydrogen-bond acceptors (Lipinski definition) is 7. The lowest BCUT2D eigenvalue weighted by Gasteiger charge is -2.43. The van der Waals surface area contributed by atoms with Gasteiger partial charge in [-0.15, -0.1) is 0 Å². The maximum absolute atomic E-state index is 12.4. The number of rotatable bonds is 28. The summed E-state index contributed by atoms with van der Waals surface area (Å²) in [7, 11) is 187. The zero-order chi connectivity index (χ0) is 78.8. The SMILES string of the molecule is C1CCNC1.CO.N#Cc1ccccc1F.N#Cc1ccccc1N1CCCC1.NCc1ccccc1N1CCCC1.[B]B([B])B([B])B(B(B([B])[B])B([B])[B])B(B([B])[B])B([B])[B].[B][B]B(B([B])[B])B(B(B([B])[B])B([B])[B])B(B([B])[B])B([B])[B].[B][B]B([B])B(B(B([B])[B])B([B])[B])B(B([B])[B])B([B])[B]. The van der Waals surface area contributed by atoms with Crippen molar-refractivity contribution < 1.29 is 9.50 Å². The third-order valence-electron chi connectivity index (χ3n) is 17.7. The van der Waals surface area contributed by atoms with Crippen LogP contribution in [0, 0.1) is 28.5 Å². The zero-order valence-electron chi connectivity index (χ0n) is 59.5. The van der Waals surface area contributed by atoms with Gasteiger partial charge in [0, 0.05) is 473 Å². The summed E-state index contributed by atoms with van der Waals surface area (Å²) in [6.45, 7) is 7.72. The zero-order valence-corrected chi connectivity index (χ0v) is 59.5. The first-order valence-electron chi connectivity index (χ1n) is 33.7. The second kappa shape index (κ2) is 57.9. The molecule has 3 saturated heterocycles. The summed E-state index contributed by atoms with van der Waals surface area (Å²) in [6.07, 6.45) is -11.7. The summed E-state index contributed by atoms with van der Waals surface area (Å²) in [5.74, 6) is -0.458. The Morgan fingerprint density at radius 2 is 0.696 bits per heavy atom. The lowest BCUT2D eigenvalue weighted by molar-refractivity contribution is 0.399. The second-order valence-electron chi connectivity index (χ2n) is 25.3. The van der Waals surface area contributed by atoms with Crippen LogP contribution in [-0.4, -0.2) is 479 Å². The van der Waals surface area contributed by atoms with E-state index in [1.165, 1.54) is 102 Å². The molecule has 3 heterocycles. The second-order valence-corrected chi connectivity index (χ2v) is 25.3. The molecule has 404 valence electrons. The first-order valence-corrected chi connectivity index (χ1v) is 33.7. The number of halogens is 1. The molecule has 0 aliphatic carbocycles. The van der Waals surface area contributed by atoms with E-state index in [1.54, 1.807) is 18.2 Å². The lowest BCUT2D eigenvalue weighted by atomic mass is 8.38. The minimum Gasteiger partial charge on any atom is -0.400 e. The summed E-state index contributed by atoms with van der Waals surface area (Å²) in [6, 6.07) is 26.1. The average molecular weight is 1220 g/mol. The molecule has 102 heavy (non-hydrogen) atoms. The van der Waals surface area contributed by atoms with E-state index < -0.39 is 172 Å². The molecular weight excluding hydrogens is 1180 g/mol. The van der Waals surface area contributed by atoms with Gasteiger partial charge in [0.15, 0.2) is 0 Å². The van der Waals surface area contributed by atoms with Crippen molar-refractivity contribution in [2.24, 2.45) is 5.73 Å². The standard InChI is InChI=1S/C11H16N2.C11H12N2.C7H4FN.C4H9N.CH4O.B21.B20.B19/c2*12-9-10-5-1-2-6-11(10)13-7-3-4-8-13;8-7-4-2-1-3-6(7)5-9;1-2-4-5-3-1;1-2;1-12-18(13(2)3)21(19(14(4)5)15(6)7)20(16(8)9)17(10)11;1-12(2)17(11)20(18(13(3)4)14(5)6)19(15(7)8)16(9)10;1-11-16(10)19(17(12(2)3)13(4)5)18(14(6)7)15(8)9/h1-2,5-6H,3-4,7-9,12H2;1-2,5-6H,3-4,7-8H2;1-4H;5H,1-4H2;2H,1H3;;;. The van der Waals surface area contributed by atoms with E-state index in [1.807, 2.05) is 24.3 Å². The summed E-state index contributed by atoms with van der Waals surface area (Å²) in [5, 5.41) is 27.4. The van der Waals surface area contributed by atoms with E-state index in [9.17, 15) is 4.39 Å². The molecule has 4 N–H and O–H groups in total. The molecule has 3 aliphatic rings. The number of anilines is 2. The first-order chi connectivity index (χ1) is 47.9. The van der Waals surface area contributed by atoms with Crippen LogP contribution >= 0.6 is 0 Å². The lowest BCUT2D eigenvalue weighted by Crippen LogP contribution is -2.81. The number of aliphatic hydroxyl groups excluding tert-OH is 1. The quantitative estimate of drug-likeness (QED) is 0.0621. The Balaban J connectivity index is 0. The Morgan fingerprint density at radius 3 is 0.971 bits per heavy atom. The number of para-hydroxylation sites is 2. The molecule has 3 aromatic rings. The van der Waals surface area contributed by atoms with E-state index in [0.717, 1.165) is 31.5 Å². The number of nitrogens with zero attached hydrogens (tertiary/aromatic N) is 4. The Bertz CT molecular complexity index is 2560. The molecule has 0 atom stereocenters. The Morgan fingerprint density at radius 1 is 0.392 bits per heavy atom. The summed E-state index contributed by atoms with van der Waals surface area (Å²) in [4.78, 5) is 4.72. The van der Waals surface area contributed by atoms with Crippen molar-refractivity contribution in [1.29, 1.82) is 10.5 Å². The van der Waals surface area contributed by atoms with Crippen LogP contribution in [0.5, 0.6) is 0 Å². The molecule has 3 aromatic carbocycles. The van der Waals surface area contributed by atoms with Crippen LogP contribution < -0.4 is 20.9 Å². The Kier molecular flexibility index (Phi) is 59.1. The molecule has 6 rings (SSSR count). The topological polar surface area (TPSA) is 112 Å². The molecule has 3 fully saturated rings. The molecule has 3 aliphatic heterocycles. The van der Waals surface area contributed by atoms with Gasteiger partial charge < -0.3 is 26.0 Å². The van der Waals surface area contributed by atoms with Crippen LogP contribution in [0.15, 0.2) is 72.8 Å². The summed E-state index contributed by atoms with van der Waals surface area (Å²) in [5.41, 5.74) is 10.3. The summed E-state index contributed by atoms with van der Waals surface area (Å²) >= 11 is 0. The minimum atomic E-state index is -0.889. The van der Waals surface area contributed by atoms with Crippen molar-refractivity contribution in [1.82, 2.24) is 5.32 Å². The number of hydrogen-bond donors (Lipinski definition) is 3. The van der Waals surface area contributed by atoms with Crippen molar-refractivity contribution in [2.75, 3.05) is 56.2 Å². The highest BCUT2D eigenvalue weighted by Gasteiger charge is 2.47. The molecular formula is C34H45B60FN6O. The molecule has 0 saturated carbocycles. The fourth-order valence-corrected chi connectivity index (χ4v) is 12.8.